The quantitative estimate of drug-likeness (QED) is 0.840. The first-order valence-electron chi connectivity index (χ1n) is 7.20. The number of aliphatic hydroxyl groups excluding tert-OH is 1. The highest BCUT2D eigenvalue weighted by atomic mass is 16.3. The van der Waals surface area contributed by atoms with Crippen molar-refractivity contribution in [2.75, 3.05) is 6.54 Å². The maximum atomic E-state index is 12.0. The van der Waals surface area contributed by atoms with E-state index in [1.54, 1.807) is 6.92 Å². The lowest BCUT2D eigenvalue weighted by molar-refractivity contribution is -0.121. The molecule has 1 atom stereocenters. The van der Waals surface area contributed by atoms with E-state index in [2.05, 4.69) is 37.4 Å². The molecule has 0 spiro atoms. The number of carbonyl (C=O) groups excluding carboxylic acids is 1. The zero-order valence-electron chi connectivity index (χ0n) is 13.3. The predicted octanol–water partition coefficient (Wildman–Crippen LogP) is 2.76. The molecule has 1 aromatic rings. The summed E-state index contributed by atoms with van der Waals surface area (Å²) in [5, 5.41) is 12.4. The Morgan fingerprint density at radius 1 is 1.35 bits per heavy atom. The maximum Gasteiger partial charge on any atom is 0.224 e. The van der Waals surface area contributed by atoms with Crippen molar-refractivity contribution in [2.24, 2.45) is 5.41 Å². The number of benzene rings is 1. The fourth-order valence-electron chi connectivity index (χ4n) is 2.44. The van der Waals surface area contributed by atoms with Crippen molar-refractivity contribution in [3.8, 4) is 0 Å². The number of hydrogen-bond donors (Lipinski definition) is 2. The summed E-state index contributed by atoms with van der Waals surface area (Å²) in [5.74, 6) is 0.0392. The first-order chi connectivity index (χ1) is 9.19. The van der Waals surface area contributed by atoms with Gasteiger partial charge in [-0.3, -0.25) is 4.79 Å². The van der Waals surface area contributed by atoms with Gasteiger partial charge in [-0.05, 0) is 43.7 Å². The number of amides is 1. The normalized spacial score (nSPS) is 13.1. The summed E-state index contributed by atoms with van der Waals surface area (Å²) in [5.41, 5.74) is 3.31. The fraction of sp³-hybridized carbons (Fsp3) is 0.588. The van der Waals surface area contributed by atoms with Gasteiger partial charge in [0.05, 0.1) is 12.5 Å². The van der Waals surface area contributed by atoms with Gasteiger partial charge < -0.3 is 10.4 Å². The molecule has 112 valence electrons. The van der Waals surface area contributed by atoms with E-state index in [1.165, 1.54) is 5.56 Å². The summed E-state index contributed by atoms with van der Waals surface area (Å²) in [7, 11) is 0. The largest absolute Gasteiger partial charge is 0.393 e. The molecular formula is C17H27NO2. The second-order valence-corrected chi connectivity index (χ2v) is 6.60. The van der Waals surface area contributed by atoms with Crippen molar-refractivity contribution < 1.29 is 9.90 Å². The van der Waals surface area contributed by atoms with Crippen LogP contribution in [0.25, 0.3) is 0 Å². The van der Waals surface area contributed by atoms with E-state index < -0.39 is 0 Å². The molecule has 0 fully saturated rings. The zero-order valence-corrected chi connectivity index (χ0v) is 13.3. The van der Waals surface area contributed by atoms with Gasteiger partial charge in [-0.15, -0.1) is 0 Å². The van der Waals surface area contributed by atoms with Crippen LogP contribution in [-0.4, -0.2) is 23.7 Å². The summed E-state index contributed by atoms with van der Waals surface area (Å²) >= 11 is 0. The van der Waals surface area contributed by atoms with Crippen molar-refractivity contribution in [3.05, 3.63) is 34.9 Å². The molecule has 1 rings (SSSR count). The molecule has 1 unspecified atom stereocenters. The highest BCUT2D eigenvalue weighted by molar-refractivity contribution is 5.79. The van der Waals surface area contributed by atoms with Crippen LogP contribution < -0.4 is 5.32 Å². The van der Waals surface area contributed by atoms with Crippen LogP contribution in [0, 0.1) is 19.3 Å². The van der Waals surface area contributed by atoms with E-state index in [0.717, 1.165) is 11.1 Å². The Labute approximate surface area is 122 Å². The molecule has 1 aromatic carbocycles. The summed E-state index contributed by atoms with van der Waals surface area (Å²) in [6, 6.07) is 6.17. The Hall–Kier alpha value is -1.35. The molecule has 0 radical (unpaired) electrons. The van der Waals surface area contributed by atoms with Gasteiger partial charge in [0, 0.05) is 6.54 Å². The van der Waals surface area contributed by atoms with E-state index in [0.29, 0.717) is 19.4 Å². The van der Waals surface area contributed by atoms with E-state index in [1.807, 2.05) is 13.8 Å². The molecule has 0 saturated carbocycles. The second kappa shape index (κ2) is 6.89. The maximum absolute atomic E-state index is 12.0. The summed E-state index contributed by atoms with van der Waals surface area (Å²) < 4.78 is 0. The van der Waals surface area contributed by atoms with Gasteiger partial charge in [0.2, 0.25) is 5.91 Å². The molecule has 1 amide bonds. The van der Waals surface area contributed by atoms with Crippen LogP contribution in [0.5, 0.6) is 0 Å². The van der Waals surface area contributed by atoms with Gasteiger partial charge in [-0.2, -0.15) is 0 Å². The van der Waals surface area contributed by atoms with Crippen molar-refractivity contribution in [2.45, 2.75) is 53.6 Å². The minimum absolute atomic E-state index is 0.0392. The third kappa shape index (κ3) is 5.74. The molecule has 3 heteroatoms. The molecule has 2 N–H and O–H groups in total. The third-order valence-corrected chi connectivity index (χ3v) is 3.47. The first-order valence-corrected chi connectivity index (χ1v) is 7.20. The lowest BCUT2D eigenvalue weighted by Gasteiger charge is -2.26. The van der Waals surface area contributed by atoms with E-state index in [-0.39, 0.29) is 17.4 Å². The Balaban J connectivity index is 2.54. The topological polar surface area (TPSA) is 49.3 Å². The Kier molecular flexibility index (Phi) is 5.75. The lowest BCUT2D eigenvalue weighted by atomic mass is 9.87. The monoisotopic (exact) mass is 277 g/mol. The van der Waals surface area contributed by atoms with Crippen LogP contribution in [0.4, 0.5) is 0 Å². The molecular weight excluding hydrogens is 250 g/mol. The number of carbonyl (C=O) groups is 1. The molecule has 0 saturated heterocycles. The summed E-state index contributed by atoms with van der Waals surface area (Å²) in [6.07, 6.45) is 0.746. The van der Waals surface area contributed by atoms with Crippen molar-refractivity contribution >= 4 is 5.91 Å². The lowest BCUT2D eigenvalue weighted by Crippen LogP contribution is -2.36. The Bertz CT molecular complexity index is 464. The van der Waals surface area contributed by atoms with E-state index >= 15 is 0 Å². The average molecular weight is 277 g/mol. The highest BCUT2D eigenvalue weighted by Crippen LogP contribution is 2.21. The zero-order chi connectivity index (χ0) is 15.3. The van der Waals surface area contributed by atoms with Crippen LogP contribution in [0.15, 0.2) is 18.2 Å². The van der Waals surface area contributed by atoms with Gasteiger partial charge in [-0.1, -0.05) is 37.6 Å². The second-order valence-electron chi connectivity index (χ2n) is 6.60. The summed E-state index contributed by atoms with van der Waals surface area (Å²) in [6.45, 7) is 10.5. The van der Waals surface area contributed by atoms with E-state index in [9.17, 15) is 9.90 Å². The van der Waals surface area contributed by atoms with Gasteiger partial charge in [0.25, 0.3) is 0 Å². The van der Waals surface area contributed by atoms with Crippen LogP contribution in [0.3, 0.4) is 0 Å². The fourth-order valence-corrected chi connectivity index (χ4v) is 2.44. The Morgan fingerprint density at radius 2 is 2.00 bits per heavy atom. The molecule has 0 heterocycles. The van der Waals surface area contributed by atoms with Crippen LogP contribution in [-0.2, 0) is 11.2 Å². The van der Waals surface area contributed by atoms with Crippen LogP contribution in [0.1, 0.15) is 43.9 Å². The number of aliphatic hydroxyl groups is 1. The minimum Gasteiger partial charge on any atom is -0.393 e. The predicted molar refractivity (Wildman–Crippen MR) is 82.7 cm³/mol. The molecule has 20 heavy (non-hydrogen) atoms. The summed E-state index contributed by atoms with van der Waals surface area (Å²) in [4.78, 5) is 12.0. The van der Waals surface area contributed by atoms with Crippen molar-refractivity contribution in [3.63, 3.8) is 0 Å². The number of rotatable bonds is 6. The van der Waals surface area contributed by atoms with Gasteiger partial charge >= 0.3 is 0 Å². The number of hydrogen-bond acceptors (Lipinski definition) is 2. The SMILES string of the molecule is Cc1ccc(C)c(CC(=O)NCC(C)(C)CC(C)O)c1. The van der Waals surface area contributed by atoms with E-state index in [4.69, 9.17) is 0 Å². The minimum atomic E-state index is -0.346. The van der Waals surface area contributed by atoms with Crippen molar-refractivity contribution in [1.29, 1.82) is 0 Å². The van der Waals surface area contributed by atoms with Gasteiger partial charge in [0.15, 0.2) is 0 Å². The smallest absolute Gasteiger partial charge is 0.224 e. The van der Waals surface area contributed by atoms with Gasteiger partial charge in [-0.25, -0.2) is 0 Å². The molecule has 3 nitrogen and oxygen atoms in total. The molecule has 0 aliphatic heterocycles. The van der Waals surface area contributed by atoms with Crippen LogP contribution in [0.2, 0.25) is 0 Å². The highest BCUT2D eigenvalue weighted by Gasteiger charge is 2.21. The molecule has 0 aliphatic carbocycles. The molecule has 0 bridgehead atoms. The molecule has 0 aliphatic rings. The van der Waals surface area contributed by atoms with Crippen molar-refractivity contribution in [1.82, 2.24) is 5.32 Å². The van der Waals surface area contributed by atoms with Gasteiger partial charge in [0.1, 0.15) is 0 Å². The number of aryl methyl sites for hydroxylation is 2. The average Bonchev–Trinajstić information content (AvgIpc) is 2.30. The standard InChI is InChI=1S/C17H27NO2/c1-12-6-7-13(2)15(8-12)9-16(20)18-11-17(4,5)10-14(3)19/h6-8,14,19H,9-11H2,1-5H3,(H,18,20). The third-order valence-electron chi connectivity index (χ3n) is 3.47. The first kappa shape index (κ1) is 16.7. The Morgan fingerprint density at radius 3 is 2.60 bits per heavy atom. The van der Waals surface area contributed by atoms with Crippen LogP contribution >= 0.6 is 0 Å². The number of nitrogens with one attached hydrogen (secondary N) is 1. The molecule has 0 aromatic heterocycles.